The Balaban J connectivity index is 1.17. The van der Waals surface area contributed by atoms with Crippen molar-refractivity contribution in [2.24, 2.45) is 0 Å². The van der Waals surface area contributed by atoms with E-state index in [4.69, 9.17) is 9.72 Å². The molecule has 184 valence electrons. The SMILES string of the molecule is COc1ccc(-c2csc(CN3CCN(C(=O)CC(c4ccccc4)c4ccccc4)CC3)n2)cc1. The Morgan fingerprint density at radius 3 is 2.08 bits per heavy atom. The highest BCUT2D eigenvalue weighted by atomic mass is 32.1. The fourth-order valence-electron chi connectivity index (χ4n) is 4.73. The molecular formula is C30H31N3O2S. The molecule has 1 aliphatic rings. The van der Waals surface area contributed by atoms with Gasteiger partial charge in [0.1, 0.15) is 10.8 Å². The minimum Gasteiger partial charge on any atom is -0.497 e. The van der Waals surface area contributed by atoms with E-state index in [1.807, 2.05) is 65.6 Å². The summed E-state index contributed by atoms with van der Waals surface area (Å²) in [5.74, 6) is 1.15. The molecule has 0 N–H and O–H groups in total. The van der Waals surface area contributed by atoms with E-state index in [-0.39, 0.29) is 11.8 Å². The molecule has 0 atom stereocenters. The second kappa shape index (κ2) is 11.5. The standard InChI is InChI=1S/C30H31N3O2S/c1-35-26-14-12-25(13-15-26)28-22-36-29(31-28)21-32-16-18-33(19-17-32)30(34)20-27(23-8-4-2-5-9-23)24-10-6-3-7-11-24/h2-15,22,27H,16-21H2,1H3. The maximum absolute atomic E-state index is 13.3. The number of methoxy groups -OCH3 is 1. The number of thiazole rings is 1. The maximum atomic E-state index is 13.3. The average molecular weight is 498 g/mol. The number of carbonyl (C=O) groups is 1. The number of benzene rings is 3. The van der Waals surface area contributed by atoms with Crippen LogP contribution in [0.2, 0.25) is 0 Å². The number of piperazine rings is 1. The Kier molecular flexibility index (Phi) is 7.74. The third-order valence-corrected chi connectivity index (χ3v) is 7.64. The molecule has 5 rings (SSSR count). The lowest BCUT2D eigenvalue weighted by Crippen LogP contribution is -2.48. The van der Waals surface area contributed by atoms with E-state index >= 15 is 0 Å². The highest BCUT2D eigenvalue weighted by Crippen LogP contribution is 2.29. The van der Waals surface area contributed by atoms with Gasteiger partial charge in [0.15, 0.2) is 0 Å². The molecule has 0 aliphatic carbocycles. The molecule has 0 bridgehead atoms. The number of amides is 1. The van der Waals surface area contributed by atoms with Gasteiger partial charge in [-0.1, -0.05) is 60.7 Å². The van der Waals surface area contributed by atoms with Crippen LogP contribution >= 0.6 is 11.3 Å². The molecule has 0 saturated carbocycles. The van der Waals surface area contributed by atoms with Crippen LogP contribution in [0.3, 0.4) is 0 Å². The molecule has 3 aromatic carbocycles. The summed E-state index contributed by atoms with van der Waals surface area (Å²) < 4.78 is 5.25. The van der Waals surface area contributed by atoms with Gasteiger partial charge in [0, 0.05) is 49.5 Å². The van der Waals surface area contributed by atoms with Crippen molar-refractivity contribution in [3.63, 3.8) is 0 Å². The van der Waals surface area contributed by atoms with Gasteiger partial charge in [0.05, 0.1) is 19.3 Å². The van der Waals surface area contributed by atoms with E-state index in [0.29, 0.717) is 6.42 Å². The van der Waals surface area contributed by atoms with Crippen molar-refractivity contribution in [3.05, 3.63) is 106 Å². The summed E-state index contributed by atoms with van der Waals surface area (Å²) in [5.41, 5.74) is 4.47. The van der Waals surface area contributed by atoms with Crippen LogP contribution < -0.4 is 4.74 Å². The largest absolute Gasteiger partial charge is 0.497 e. The highest BCUT2D eigenvalue weighted by molar-refractivity contribution is 7.09. The van der Waals surface area contributed by atoms with Gasteiger partial charge in [-0.15, -0.1) is 11.3 Å². The minimum absolute atomic E-state index is 0.0737. The van der Waals surface area contributed by atoms with Gasteiger partial charge in [-0.3, -0.25) is 9.69 Å². The van der Waals surface area contributed by atoms with Crippen LogP contribution in [0.5, 0.6) is 5.75 Å². The first kappa shape index (κ1) is 24.2. The van der Waals surface area contributed by atoms with Crippen molar-refractivity contribution in [1.29, 1.82) is 0 Å². The predicted octanol–water partition coefficient (Wildman–Crippen LogP) is 5.69. The minimum atomic E-state index is 0.0737. The van der Waals surface area contributed by atoms with Crippen molar-refractivity contribution < 1.29 is 9.53 Å². The van der Waals surface area contributed by atoms with Crippen molar-refractivity contribution in [2.45, 2.75) is 18.9 Å². The predicted molar refractivity (Wildman–Crippen MR) is 145 cm³/mol. The first-order valence-corrected chi connectivity index (χ1v) is 13.3. The zero-order valence-electron chi connectivity index (χ0n) is 20.5. The summed E-state index contributed by atoms with van der Waals surface area (Å²) in [4.78, 5) is 22.6. The van der Waals surface area contributed by atoms with Crippen LogP contribution in [0, 0.1) is 0 Å². The number of hydrogen-bond donors (Lipinski definition) is 0. The monoisotopic (exact) mass is 497 g/mol. The Labute approximate surface area is 217 Å². The molecule has 1 amide bonds. The molecular weight excluding hydrogens is 466 g/mol. The molecule has 1 aliphatic heterocycles. The number of ether oxygens (including phenoxy) is 1. The lowest BCUT2D eigenvalue weighted by molar-refractivity contribution is -0.133. The van der Waals surface area contributed by atoms with Crippen molar-refractivity contribution >= 4 is 17.2 Å². The van der Waals surface area contributed by atoms with Gasteiger partial charge in [-0.05, 0) is 35.4 Å². The van der Waals surface area contributed by atoms with Crippen LogP contribution in [0.15, 0.2) is 90.3 Å². The molecule has 0 spiro atoms. The van der Waals surface area contributed by atoms with E-state index in [1.54, 1.807) is 18.4 Å². The Hall–Kier alpha value is -3.48. The number of rotatable bonds is 8. The van der Waals surface area contributed by atoms with Crippen molar-refractivity contribution in [1.82, 2.24) is 14.8 Å². The Morgan fingerprint density at radius 1 is 0.889 bits per heavy atom. The summed E-state index contributed by atoms with van der Waals surface area (Å²) in [5, 5.41) is 3.22. The van der Waals surface area contributed by atoms with E-state index in [2.05, 4.69) is 34.5 Å². The molecule has 5 nitrogen and oxygen atoms in total. The number of carbonyl (C=O) groups excluding carboxylic acids is 1. The van der Waals surface area contributed by atoms with E-state index in [0.717, 1.165) is 54.7 Å². The van der Waals surface area contributed by atoms with Gasteiger partial charge in [-0.2, -0.15) is 0 Å². The molecule has 36 heavy (non-hydrogen) atoms. The molecule has 0 radical (unpaired) electrons. The lowest BCUT2D eigenvalue weighted by Gasteiger charge is -2.35. The number of hydrogen-bond acceptors (Lipinski definition) is 5. The topological polar surface area (TPSA) is 45.7 Å². The molecule has 1 aromatic heterocycles. The third kappa shape index (κ3) is 5.83. The fourth-order valence-corrected chi connectivity index (χ4v) is 5.57. The van der Waals surface area contributed by atoms with E-state index in [1.165, 1.54) is 11.1 Å². The summed E-state index contributed by atoms with van der Waals surface area (Å²) in [6.45, 7) is 4.06. The van der Waals surface area contributed by atoms with E-state index < -0.39 is 0 Å². The number of nitrogens with zero attached hydrogens (tertiary/aromatic N) is 3. The normalized spacial score (nSPS) is 14.2. The number of aromatic nitrogens is 1. The van der Waals surface area contributed by atoms with Crippen molar-refractivity contribution in [2.75, 3.05) is 33.3 Å². The summed E-state index contributed by atoms with van der Waals surface area (Å²) in [6.07, 6.45) is 0.492. The van der Waals surface area contributed by atoms with Gasteiger partial charge in [0.25, 0.3) is 0 Å². The quantitative estimate of drug-likeness (QED) is 0.314. The molecule has 2 heterocycles. The first-order valence-electron chi connectivity index (χ1n) is 12.4. The van der Waals surface area contributed by atoms with Gasteiger partial charge < -0.3 is 9.64 Å². The smallest absolute Gasteiger partial charge is 0.223 e. The zero-order valence-corrected chi connectivity index (χ0v) is 21.4. The molecule has 1 saturated heterocycles. The van der Waals surface area contributed by atoms with Crippen LogP contribution in [-0.4, -0.2) is 54.0 Å². The van der Waals surface area contributed by atoms with Gasteiger partial charge in [-0.25, -0.2) is 4.98 Å². The second-order valence-electron chi connectivity index (χ2n) is 9.09. The third-order valence-electron chi connectivity index (χ3n) is 6.80. The Morgan fingerprint density at radius 2 is 1.50 bits per heavy atom. The van der Waals surface area contributed by atoms with Crippen LogP contribution in [0.25, 0.3) is 11.3 Å². The van der Waals surface area contributed by atoms with E-state index in [9.17, 15) is 4.79 Å². The lowest BCUT2D eigenvalue weighted by atomic mass is 9.88. The van der Waals surface area contributed by atoms with Gasteiger partial charge >= 0.3 is 0 Å². The summed E-state index contributed by atoms with van der Waals surface area (Å²) in [6, 6.07) is 28.7. The van der Waals surface area contributed by atoms with Crippen LogP contribution in [0.4, 0.5) is 0 Å². The summed E-state index contributed by atoms with van der Waals surface area (Å²) in [7, 11) is 1.67. The molecule has 1 fully saturated rings. The second-order valence-corrected chi connectivity index (χ2v) is 10.0. The highest BCUT2D eigenvalue weighted by Gasteiger charge is 2.25. The summed E-state index contributed by atoms with van der Waals surface area (Å²) >= 11 is 1.69. The van der Waals surface area contributed by atoms with Crippen LogP contribution in [-0.2, 0) is 11.3 Å². The van der Waals surface area contributed by atoms with Gasteiger partial charge in [0.2, 0.25) is 5.91 Å². The average Bonchev–Trinajstić information content (AvgIpc) is 3.41. The molecule has 6 heteroatoms. The zero-order chi connectivity index (χ0) is 24.7. The first-order chi connectivity index (χ1) is 17.7. The molecule has 4 aromatic rings. The Bertz CT molecular complexity index is 1210. The van der Waals surface area contributed by atoms with Crippen molar-refractivity contribution in [3.8, 4) is 17.0 Å². The fraction of sp³-hybridized carbons (Fsp3) is 0.267. The molecule has 0 unspecified atom stereocenters. The maximum Gasteiger partial charge on any atom is 0.223 e. The van der Waals surface area contributed by atoms with Crippen LogP contribution in [0.1, 0.15) is 28.5 Å².